The minimum atomic E-state index is -0.345. The highest BCUT2D eigenvalue weighted by molar-refractivity contribution is 5.81. The van der Waals surface area contributed by atoms with Gasteiger partial charge in [-0.2, -0.15) is 0 Å². The number of unbranched alkanes of at least 4 members (excludes halogenated alkanes) is 1. The summed E-state index contributed by atoms with van der Waals surface area (Å²) >= 11 is 0. The summed E-state index contributed by atoms with van der Waals surface area (Å²) in [6.07, 6.45) is 9.11. The van der Waals surface area contributed by atoms with Crippen LogP contribution in [-0.4, -0.2) is 17.1 Å². The topological polar surface area (TPSA) is 35.1 Å². The Kier molecular flexibility index (Phi) is 7.88. The molecule has 0 spiro atoms. The minimum Gasteiger partial charge on any atom is -1.00 e. The Morgan fingerprint density at radius 3 is 2.88 bits per heavy atom. The molecule has 0 aliphatic heterocycles. The Morgan fingerprint density at radius 1 is 1.56 bits per heavy atom. The Hall–Kier alpha value is -0.850. The first-order valence-corrected chi connectivity index (χ1v) is 5.02. The summed E-state index contributed by atoms with van der Waals surface area (Å²) in [6.45, 7) is 4.75. The maximum absolute atomic E-state index is 10.7. The molecule has 0 saturated carbocycles. The number of carbonyl (C=O) groups is 1. The molecule has 0 atom stereocenters. The van der Waals surface area contributed by atoms with E-state index < -0.39 is 0 Å². The number of carbonyl (C=O) groups excluding carboxylic acids is 1. The fourth-order valence-corrected chi connectivity index (χ4v) is 1.26. The molecule has 4 nitrogen and oxygen atoms in total. The van der Waals surface area contributed by atoms with Crippen LogP contribution in [0.3, 0.4) is 0 Å². The fraction of sp³-hybridized carbons (Fsp3) is 0.455. The van der Waals surface area contributed by atoms with Gasteiger partial charge in [0.25, 0.3) is 0 Å². The van der Waals surface area contributed by atoms with Crippen LogP contribution >= 0.6 is 0 Å². The van der Waals surface area contributed by atoms with Crippen molar-refractivity contribution in [3.63, 3.8) is 0 Å². The van der Waals surface area contributed by atoms with Crippen molar-refractivity contribution in [1.82, 2.24) is 4.57 Å². The third-order valence-electron chi connectivity index (χ3n) is 2.05. The van der Waals surface area contributed by atoms with Gasteiger partial charge < -0.3 is 28.7 Å². The molecule has 1 heterocycles. The zero-order chi connectivity index (χ0) is 11.1. The van der Waals surface area contributed by atoms with Gasteiger partial charge in [-0.05, 0) is 12.8 Å². The molecule has 16 heavy (non-hydrogen) atoms. The van der Waals surface area contributed by atoms with Crippen LogP contribution in [0.25, 0.3) is 0 Å². The number of aryl methyl sites for hydroxylation is 2. The van der Waals surface area contributed by atoms with Crippen LogP contribution < -0.4 is 28.5 Å². The van der Waals surface area contributed by atoms with Crippen molar-refractivity contribution in [2.24, 2.45) is 7.05 Å². The third-order valence-corrected chi connectivity index (χ3v) is 2.05. The van der Waals surface area contributed by atoms with Gasteiger partial charge in [-0.3, -0.25) is 0 Å². The average Bonchev–Trinajstić information content (AvgIpc) is 2.63. The summed E-state index contributed by atoms with van der Waals surface area (Å²) in [5.74, 6) is -0.345. The Bertz CT molecular complexity index is 336. The molecule has 1 aromatic heterocycles. The fourth-order valence-electron chi connectivity index (χ4n) is 1.26. The van der Waals surface area contributed by atoms with Crippen molar-refractivity contribution in [3.05, 3.63) is 31.4 Å². The second-order valence-electron chi connectivity index (χ2n) is 3.40. The van der Waals surface area contributed by atoms with Gasteiger partial charge in [0.05, 0.1) is 20.2 Å². The van der Waals surface area contributed by atoms with Crippen LogP contribution in [0.1, 0.15) is 12.8 Å². The summed E-state index contributed by atoms with van der Waals surface area (Å²) in [5, 5.41) is 0. The van der Waals surface area contributed by atoms with Crippen molar-refractivity contribution >= 4 is 5.97 Å². The quantitative estimate of drug-likeness (QED) is 0.195. The third kappa shape index (κ3) is 5.89. The number of halogens is 1. The molecule has 0 aliphatic carbocycles. The molecule has 1 aromatic rings. The Morgan fingerprint density at radius 2 is 2.31 bits per heavy atom. The number of esters is 1. The van der Waals surface area contributed by atoms with Crippen LogP contribution in [0.4, 0.5) is 0 Å². The Labute approximate surface area is 113 Å². The highest BCUT2D eigenvalue weighted by Gasteiger charge is 2.00. The van der Waals surface area contributed by atoms with Crippen molar-refractivity contribution < 1.29 is 38.1 Å². The molecule has 0 amide bonds. The normalized spacial score (nSPS) is 9.31. The molecule has 5 heteroatoms. The number of hydrogen-bond acceptors (Lipinski definition) is 2. The molecule has 0 aliphatic rings. The molecule has 0 fully saturated rings. The molecule has 0 bridgehead atoms. The molecule has 90 valence electrons. The van der Waals surface area contributed by atoms with E-state index in [2.05, 4.69) is 11.1 Å². The maximum atomic E-state index is 10.7. The lowest BCUT2D eigenvalue weighted by Crippen LogP contribution is -3.00. The van der Waals surface area contributed by atoms with Crippen molar-refractivity contribution in [2.75, 3.05) is 6.61 Å². The minimum absolute atomic E-state index is 0. The SMILES string of the molecule is C=CC(=O)OCCCCn1cc[n+](C)c1.[I-]. The molecular weight excluding hydrogens is 319 g/mol. The van der Waals surface area contributed by atoms with E-state index in [9.17, 15) is 4.79 Å². The highest BCUT2D eigenvalue weighted by atomic mass is 127. The summed E-state index contributed by atoms with van der Waals surface area (Å²) < 4.78 is 8.97. The predicted molar refractivity (Wildman–Crippen MR) is 56.0 cm³/mol. The smallest absolute Gasteiger partial charge is 0.330 e. The Balaban J connectivity index is 0.00000225. The van der Waals surface area contributed by atoms with Crippen LogP contribution in [0, 0.1) is 0 Å². The van der Waals surface area contributed by atoms with Crippen molar-refractivity contribution in [2.45, 2.75) is 19.4 Å². The number of rotatable bonds is 6. The lowest BCUT2D eigenvalue weighted by molar-refractivity contribution is -0.671. The number of hydrogen-bond donors (Lipinski definition) is 0. The molecule has 0 radical (unpaired) electrons. The molecule has 0 N–H and O–H groups in total. The molecule has 0 saturated heterocycles. The van der Waals surface area contributed by atoms with Crippen LogP contribution in [0.15, 0.2) is 31.4 Å². The van der Waals surface area contributed by atoms with Gasteiger partial charge in [0, 0.05) is 6.08 Å². The van der Waals surface area contributed by atoms with E-state index in [1.807, 2.05) is 30.3 Å². The summed E-state index contributed by atoms with van der Waals surface area (Å²) in [7, 11) is 1.99. The maximum Gasteiger partial charge on any atom is 0.330 e. The van der Waals surface area contributed by atoms with Crippen LogP contribution in [0.5, 0.6) is 0 Å². The van der Waals surface area contributed by atoms with Gasteiger partial charge >= 0.3 is 5.97 Å². The second-order valence-corrected chi connectivity index (χ2v) is 3.40. The molecular formula is C11H17IN2O2. The standard InChI is InChI=1S/C11H17N2O2.HI/c1-3-11(14)15-9-5-4-6-13-8-7-12(2)10-13;/h3,7-8,10H,1,4-6,9H2,2H3;1H/q+1;/p-1. The summed E-state index contributed by atoms with van der Waals surface area (Å²) in [5.41, 5.74) is 0. The molecule has 1 rings (SSSR count). The van der Waals surface area contributed by atoms with E-state index >= 15 is 0 Å². The lowest BCUT2D eigenvalue weighted by Gasteiger charge is -2.00. The van der Waals surface area contributed by atoms with Gasteiger partial charge in [-0.15, -0.1) is 0 Å². The lowest BCUT2D eigenvalue weighted by atomic mass is 10.3. The van der Waals surface area contributed by atoms with Gasteiger partial charge in [0.1, 0.15) is 12.4 Å². The first-order valence-electron chi connectivity index (χ1n) is 5.02. The van der Waals surface area contributed by atoms with Crippen LogP contribution in [-0.2, 0) is 23.1 Å². The van der Waals surface area contributed by atoms with E-state index in [4.69, 9.17) is 4.74 Å². The van der Waals surface area contributed by atoms with Gasteiger partial charge in [-0.25, -0.2) is 13.9 Å². The molecule has 0 aromatic carbocycles. The largest absolute Gasteiger partial charge is 1.00 e. The summed E-state index contributed by atoms with van der Waals surface area (Å²) in [6, 6.07) is 0. The van der Waals surface area contributed by atoms with E-state index in [0.717, 1.165) is 19.4 Å². The van der Waals surface area contributed by atoms with E-state index in [1.165, 1.54) is 6.08 Å². The average molecular weight is 336 g/mol. The number of aromatic nitrogens is 2. The monoisotopic (exact) mass is 336 g/mol. The highest BCUT2D eigenvalue weighted by Crippen LogP contribution is 1.95. The van der Waals surface area contributed by atoms with Crippen molar-refractivity contribution in [1.29, 1.82) is 0 Å². The predicted octanol–water partition coefficient (Wildman–Crippen LogP) is -2.17. The van der Waals surface area contributed by atoms with Gasteiger partial charge in [-0.1, -0.05) is 6.58 Å². The van der Waals surface area contributed by atoms with E-state index in [1.54, 1.807) is 0 Å². The van der Waals surface area contributed by atoms with E-state index in [0.29, 0.717) is 6.61 Å². The zero-order valence-corrected chi connectivity index (χ0v) is 11.6. The number of imidazole rings is 1. The number of ether oxygens (including phenoxy) is 1. The number of nitrogens with zero attached hydrogens (tertiary/aromatic N) is 2. The zero-order valence-electron chi connectivity index (χ0n) is 9.43. The first-order chi connectivity index (χ1) is 7.22. The van der Waals surface area contributed by atoms with Gasteiger partial charge in [0.15, 0.2) is 0 Å². The molecule has 0 unspecified atom stereocenters. The van der Waals surface area contributed by atoms with Gasteiger partial charge in [0.2, 0.25) is 6.33 Å². The van der Waals surface area contributed by atoms with E-state index in [-0.39, 0.29) is 29.9 Å². The second kappa shape index (κ2) is 8.32. The first kappa shape index (κ1) is 15.2. The van der Waals surface area contributed by atoms with Crippen LogP contribution in [0.2, 0.25) is 0 Å². The van der Waals surface area contributed by atoms with Crippen molar-refractivity contribution in [3.8, 4) is 0 Å². The summed E-state index contributed by atoms with van der Waals surface area (Å²) in [4.78, 5) is 10.7.